The lowest BCUT2D eigenvalue weighted by atomic mass is 9.96. The van der Waals surface area contributed by atoms with Gasteiger partial charge in [-0.2, -0.15) is 0 Å². The fraction of sp³-hybridized carbons (Fsp3) is 0.571. The molecular weight excluding hydrogens is 246 g/mol. The number of rotatable bonds is 6. The molecular formula is C14H21NO4. The standard InChI is InChI=1S/C14H21NO4/c16-8-14(9-17,10-18)15-7-13-12-4-2-1-3-11(12)5-6-19-13/h1-4,13,15-18H,5-10H2. The quantitative estimate of drug-likeness (QED) is 0.564. The highest BCUT2D eigenvalue weighted by Gasteiger charge is 2.30. The van der Waals surface area contributed by atoms with Crippen LogP contribution in [-0.2, 0) is 11.2 Å². The van der Waals surface area contributed by atoms with Crippen molar-refractivity contribution in [1.29, 1.82) is 0 Å². The van der Waals surface area contributed by atoms with Crippen molar-refractivity contribution in [1.82, 2.24) is 5.32 Å². The molecule has 0 amide bonds. The largest absolute Gasteiger partial charge is 0.394 e. The second-order valence-corrected chi connectivity index (χ2v) is 4.94. The summed E-state index contributed by atoms with van der Waals surface area (Å²) in [5.41, 5.74) is 1.34. The predicted octanol–water partition coefficient (Wildman–Crippen LogP) is -0.394. The molecule has 0 saturated carbocycles. The molecule has 0 bridgehead atoms. The van der Waals surface area contributed by atoms with Crippen LogP contribution in [-0.4, -0.2) is 53.8 Å². The minimum absolute atomic E-state index is 0.117. The molecule has 2 rings (SSSR count). The van der Waals surface area contributed by atoms with Crippen LogP contribution in [0.3, 0.4) is 0 Å². The van der Waals surface area contributed by atoms with E-state index in [-0.39, 0.29) is 25.9 Å². The minimum Gasteiger partial charge on any atom is -0.394 e. The average molecular weight is 267 g/mol. The van der Waals surface area contributed by atoms with E-state index < -0.39 is 5.54 Å². The Morgan fingerprint density at radius 2 is 1.84 bits per heavy atom. The van der Waals surface area contributed by atoms with Gasteiger partial charge in [0.05, 0.1) is 38.1 Å². The predicted molar refractivity (Wildman–Crippen MR) is 70.8 cm³/mol. The maximum absolute atomic E-state index is 9.28. The molecule has 0 radical (unpaired) electrons. The van der Waals surface area contributed by atoms with Gasteiger partial charge in [0.2, 0.25) is 0 Å². The van der Waals surface area contributed by atoms with Crippen LogP contribution >= 0.6 is 0 Å². The molecule has 1 aliphatic rings. The van der Waals surface area contributed by atoms with Crippen LogP contribution in [0.1, 0.15) is 17.2 Å². The van der Waals surface area contributed by atoms with Gasteiger partial charge in [-0.15, -0.1) is 0 Å². The van der Waals surface area contributed by atoms with E-state index in [1.807, 2.05) is 18.2 Å². The molecule has 5 nitrogen and oxygen atoms in total. The minimum atomic E-state index is -1.06. The number of hydrogen-bond acceptors (Lipinski definition) is 5. The Labute approximate surface area is 112 Å². The summed E-state index contributed by atoms with van der Waals surface area (Å²) in [5, 5.41) is 30.9. The molecule has 1 heterocycles. The van der Waals surface area contributed by atoms with E-state index in [1.54, 1.807) is 0 Å². The molecule has 5 heteroatoms. The first-order valence-corrected chi connectivity index (χ1v) is 6.52. The molecule has 106 valence electrons. The normalized spacial score (nSPS) is 19.2. The lowest BCUT2D eigenvalue weighted by molar-refractivity contribution is 0.00693. The summed E-state index contributed by atoms with van der Waals surface area (Å²) in [4.78, 5) is 0. The summed E-state index contributed by atoms with van der Waals surface area (Å²) in [7, 11) is 0. The van der Waals surface area contributed by atoms with Gasteiger partial charge in [0.1, 0.15) is 0 Å². The maximum atomic E-state index is 9.28. The van der Waals surface area contributed by atoms with E-state index in [0.717, 1.165) is 12.0 Å². The van der Waals surface area contributed by atoms with E-state index in [0.29, 0.717) is 13.2 Å². The number of fused-ring (bicyclic) bond motifs is 1. The molecule has 0 aliphatic carbocycles. The zero-order valence-electron chi connectivity index (χ0n) is 10.9. The smallest absolute Gasteiger partial charge is 0.0952 e. The summed E-state index contributed by atoms with van der Waals surface area (Å²) < 4.78 is 5.73. The van der Waals surface area contributed by atoms with Crippen molar-refractivity contribution < 1.29 is 20.1 Å². The molecule has 1 aromatic carbocycles. The van der Waals surface area contributed by atoms with E-state index in [2.05, 4.69) is 11.4 Å². The third kappa shape index (κ3) is 3.13. The highest BCUT2D eigenvalue weighted by Crippen LogP contribution is 2.26. The van der Waals surface area contributed by atoms with Crippen LogP contribution in [0.4, 0.5) is 0 Å². The van der Waals surface area contributed by atoms with Crippen molar-refractivity contribution in [3.8, 4) is 0 Å². The van der Waals surface area contributed by atoms with Crippen LogP contribution < -0.4 is 5.32 Å². The molecule has 0 spiro atoms. The summed E-state index contributed by atoms with van der Waals surface area (Å²) in [5.74, 6) is 0. The van der Waals surface area contributed by atoms with Crippen molar-refractivity contribution in [3.63, 3.8) is 0 Å². The van der Waals surface area contributed by atoms with Crippen LogP contribution in [0.2, 0.25) is 0 Å². The van der Waals surface area contributed by atoms with Gasteiger partial charge >= 0.3 is 0 Å². The topological polar surface area (TPSA) is 82.0 Å². The number of aliphatic hydroxyl groups excluding tert-OH is 3. The Balaban J connectivity index is 2.05. The van der Waals surface area contributed by atoms with Crippen molar-refractivity contribution in [2.75, 3.05) is 33.0 Å². The Hall–Kier alpha value is -0.980. The first-order chi connectivity index (χ1) is 9.24. The summed E-state index contributed by atoms with van der Waals surface area (Å²) in [6.07, 6.45) is 0.784. The SMILES string of the molecule is OCC(CO)(CO)NCC1OCCc2ccccc21. The molecule has 19 heavy (non-hydrogen) atoms. The first-order valence-electron chi connectivity index (χ1n) is 6.52. The zero-order valence-corrected chi connectivity index (χ0v) is 10.9. The van der Waals surface area contributed by atoms with E-state index >= 15 is 0 Å². The molecule has 0 aromatic heterocycles. The summed E-state index contributed by atoms with van der Waals surface area (Å²) >= 11 is 0. The third-order valence-electron chi connectivity index (χ3n) is 3.66. The fourth-order valence-corrected chi connectivity index (χ4v) is 2.27. The molecule has 1 aromatic rings. The number of aliphatic hydroxyl groups is 3. The monoisotopic (exact) mass is 267 g/mol. The molecule has 1 unspecified atom stereocenters. The lowest BCUT2D eigenvalue weighted by Gasteiger charge is -2.33. The van der Waals surface area contributed by atoms with Gasteiger partial charge in [0, 0.05) is 6.54 Å². The molecule has 4 N–H and O–H groups in total. The first kappa shape index (κ1) is 14.4. The highest BCUT2D eigenvalue weighted by atomic mass is 16.5. The second-order valence-electron chi connectivity index (χ2n) is 4.94. The van der Waals surface area contributed by atoms with Gasteiger partial charge in [0.25, 0.3) is 0 Å². The van der Waals surface area contributed by atoms with Crippen molar-refractivity contribution >= 4 is 0 Å². The third-order valence-corrected chi connectivity index (χ3v) is 3.66. The summed E-state index contributed by atoms with van der Waals surface area (Å²) in [6.45, 7) is 0.129. The number of nitrogens with one attached hydrogen (secondary N) is 1. The van der Waals surface area contributed by atoms with Crippen LogP contribution in [0.5, 0.6) is 0 Å². The maximum Gasteiger partial charge on any atom is 0.0952 e. The highest BCUT2D eigenvalue weighted by molar-refractivity contribution is 5.31. The van der Waals surface area contributed by atoms with Gasteiger partial charge < -0.3 is 25.4 Å². The van der Waals surface area contributed by atoms with E-state index in [1.165, 1.54) is 5.56 Å². The van der Waals surface area contributed by atoms with E-state index in [9.17, 15) is 15.3 Å². The fourth-order valence-electron chi connectivity index (χ4n) is 2.27. The summed E-state index contributed by atoms with van der Waals surface area (Å²) in [6, 6.07) is 8.09. The van der Waals surface area contributed by atoms with Gasteiger partial charge in [-0.3, -0.25) is 0 Å². The lowest BCUT2D eigenvalue weighted by Crippen LogP contribution is -2.56. The number of ether oxygens (including phenoxy) is 1. The van der Waals surface area contributed by atoms with Gasteiger partial charge in [-0.25, -0.2) is 0 Å². The van der Waals surface area contributed by atoms with Crippen molar-refractivity contribution in [2.45, 2.75) is 18.1 Å². The Morgan fingerprint density at radius 1 is 1.16 bits per heavy atom. The molecule has 0 saturated heterocycles. The zero-order chi connectivity index (χ0) is 13.7. The molecule has 1 atom stereocenters. The second kappa shape index (κ2) is 6.45. The van der Waals surface area contributed by atoms with Gasteiger partial charge in [-0.1, -0.05) is 24.3 Å². The van der Waals surface area contributed by atoms with Crippen molar-refractivity contribution in [3.05, 3.63) is 35.4 Å². The van der Waals surface area contributed by atoms with Crippen LogP contribution in [0, 0.1) is 0 Å². The Kier molecular flexibility index (Phi) is 4.90. The van der Waals surface area contributed by atoms with Gasteiger partial charge in [-0.05, 0) is 17.5 Å². The Bertz CT molecular complexity index is 398. The average Bonchev–Trinajstić information content (AvgIpc) is 2.49. The number of benzene rings is 1. The molecule has 1 aliphatic heterocycles. The van der Waals surface area contributed by atoms with Crippen LogP contribution in [0.15, 0.2) is 24.3 Å². The van der Waals surface area contributed by atoms with Gasteiger partial charge in [0.15, 0.2) is 0 Å². The van der Waals surface area contributed by atoms with Crippen LogP contribution in [0.25, 0.3) is 0 Å². The van der Waals surface area contributed by atoms with E-state index in [4.69, 9.17) is 4.74 Å². The number of hydrogen-bond donors (Lipinski definition) is 4. The Morgan fingerprint density at radius 3 is 2.53 bits per heavy atom. The molecule has 0 fully saturated rings. The van der Waals surface area contributed by atoms with Crippen molar-refractivity contribution in [2.24, 2.45) is 0 Å².